The first-order valence-corrected chi connectivity index (χ1v) is 9.45. The molecule has 0 radical (unpaired) electrons. The Morgan fingerprint density at radius 1 is 1.04 bits per heavy atom. The first kappa shape index (κ1) is 23.9. The Morgan fingerprint density at radius 3 is 2.11 bits per heavy atom. The van der Waals surface area contributed by atoms with Crippen molar-refractivity contribution in [1.82, 2.24) is 25.3 Å². The van der Waals surface area contributed by atoms with Gasteiger partial charge in [-0.3, -0.25) is 9.59 Å². The molecule has 2 amide bonds. The molecular weight excluding hydrogens is 459 g/mol. The van der Waals surface area contributed by atoms with E-state index in [1.165, 1.54) is 29.1 Å². The van der Waals surface area contributed by atoms with Gasteiger partial charge in [0.2, 0.25) is 11.8 Å². The van der Waals surface area contributed by atoms with Crippen molar-refractivity contribution in [3.8, 4) is 0 Å². The topological polar surface area (TPSA) is 80.3 Å². The molecule has 0 saturated carbocycles. The van der Waals surface area contributed by atoms with Gasteiger partial charge < -0.3 is 25.3 Å². The number of amides is 2. The number of guanidine groups is 1. The predicted molar refractivity (Wildman–Crippen MR) is 118 cm³/mol. The molecule has 2 atom stereocenters. The summed E-state index contributed by atoms with van der Waals surface area (Å²) in [5.74, 6) is 0.451. The standard InChI is InChI=1S/C18H34N6O2.HI/c1-22(2)16(25)11-19-18(20-12-17(26)23(3)4)21-13-9-14-7-6-8-15(10-13)24(14)5;/h13-15H,6-12H2,1-5H3,(H2,19,20,21);1H. The number of halogens is 1. The van der Waals surface area contributed by atoms with Gasteiger partial charge in [0.15, 0.2) is 5.96 Å². The summed E-state index contributed by atoms with van der Waals surface area (Å²) in [7, 11) is 9.10. The molecule has 2 aliphatic rings. The second-order valence-corrected chi connectivity index (χ2v) is 7.81. The molecule has 0 aromatic rings. The molecule has 2 aliphatic heterocycles. The van der Waals surface area contributed by atoms with Gasteiger partial charge in [0.05, 0.1) is 6.54 Å². The zero-order chi connectivity index (χ0) is 19.3. The quantitative estimate of drug-likeness (QED) is 0.327. The Balaban J connectivity index is 0.00000364. The normalized spacial score (nSPS) is 25.2. The summed E-state index contributed by atoms with van der Waals surface area (Å²) >= 11 is 0. The summed E-state index contributed by atoms with van der Waals surface area (Å²) < 4.78 is 0. The zero-order valence-electron chi connectivity index (χ0n) is 17.2. The number of piperidine rings is 2. The van der Waals surface area contributed by atoms with E-state index in [4.69, 9.17) is 0 Å². The molecule has 0 aliphatic carbocycles. The van der Waals surface area contributed by atoms with Crippen molar-refractivity contribution in [2.75, 3.05) is 48.3 Å². The molecule has 2 saturated heterocycles. The molecule has 0 spiro atoms. The van der Waals surface area contributed by atoms with Gasteiger partial charge in [-0.2, -0.15) is 0 Å². The summed E-state index contributed by atoms with van der Waals surface area (Å²) in [6.45, 7) is 0.229. The predicted octanol–water partition coefficient (Wildman–Crippen LogP) is 0.331. The Hall–Kier alpha value is -1.10. The van der Waals surface area contributed by atoms with Crippen LogP contribution in [0.25, 0.3) is 0 Å². The highest BCUT2D eigenvalue weighted by Crippen LogP contribution is 2.32. The van der Waals surface area contributed by atoms with Gasteiger partial charge in [0.25, 0.3) is 0 Å². The largest absolute Gasteiger partial charge is 0.354 e. The van der Waals surface area contributed by atoms with Gasteiger partial charge in [0, 0.05) is 46.3 Å². The second kappa shape index (κ2) is 11.0. The fraction of sp³-hybridized carbons (Fsp3) is 0.833. The molecule has 2 fully saturated rings. The van der Waals surface area contributed by atoms with Crippen LogP contribution in [0.3, 0.4) is 0 Å². The molecule has 2 heterocycles. The number of likely N-dealkylation sites (N-methyl/N-ethyl adjacent to an activating group) is 2. The third kappa shape index (κ3) is 7.10. The minimum absolute atomic E-state index is 0. The van der Waals surface area contributed by atoms with Crippen molar-refractivity contribution in [2.24, 2.45) is 4.99 Å². The fourth-order valence-corrected chi connectivity index (χ4v) is 3.69. The number of rotatable bonds is 5. The lowest BCUT2D eigenvalue weighted by atomic mass is 9.82. The Bertz CT molecular complexity index is 526. The molecule has 2 N–H and O–H groups in total. The third-order valence-corrected chi connectivity index (χ3v) is 5.46. The third-order valence-electron chi connectivity index (χ3n) is 5.46. The van der Waals surface area contributed by atoms with Crippen molar-refractivity contribution in [1.29, 1.82) is 0 Å². The van der Waals surface area contributed by atoms with E-state index in [0.29, 0.717) is 24.1 Å². The number of aliphatic imine (C=N–C) groups is 1. The number of hydrogen-bond donors (Lipinski definition) is 2. The average Bonchev–Trinajstić information content (AvgIpc) is 2.57. The van der Waals surface area contributed by atoms with Crippen LogP contribution in [0.5, 0.6) is 0 Å². The van der Waals surface area contributed by atoms with E-state index in [9.17, 15) is 9.59 Å². The van der Waals surface area contributed by atoms with Crippen molar-refractivity contribution < 1.29 is 9.59 Å². The monoisotopic (exact) mass is 494 g/mol. The Morgan fingerprint density at radius 2 is 1.59 bits per heavy atom. The fourth-order valence-electron chi connectivity index (χ4n) is 3.69. The number of carbonyl (C=O) groups excluding carboxylic acids is 2. The van der Waals surface area contributed by atoms with E-state index in [-0.39, 0.29) is 48.9 Å². The molecule has 27 heavy (non-hydrogen) atoms. The van der Waals surface area contributed by atoms with Crippen LogP contribution in [0.1, 0.15) is 32.1 Å². The number of nitrogens with one attached hydrogen (secondary N) is 2. The summed E-state index contributed by atoms with van der Waals surface area (Å²) in [6, 6.07) is 1.53. The van der Waals surface area contributed by atoms with E-state index in [2.05, 4.69) is 27.6 Å². The summed E-state index contributed by atoms with van der Waals surface area (Å²) in [5.41, 5.74) is 0. The minimum atomic E-state index is -0.0646. The van der Waals surface area contributed by atoms with E-state index < -0.39 is 0 Å². The van der Waals surface area contributed by atoms with Crippen LogP contribution in [0, 0.1) is 0 Å². The van der Waals surface area contributed by atoms with Crippen molar-refractivity contribution in [3.63, 3.8) is 0 Å². The van der Waals surface area contributed by atoms with Crippen molar-refractivity contribution in [3.05, 3.63) is 0 Å². The van der Waals surface area contributed by atoms with Gasteiger partial charge in [-0.25, -0.2) is 4.99 Å². The number of nitrogens with zero attached hydrogens (tertiary/aromatic N) is 4. The van der Waals surface area contributed by atoms with Gasteiger partial charge >= 0.3 is 0 Å². The molecule has 156 valence electrons. The lowest BCUT2D eigenvalue weighted by molar-refractivity contribution is -0.127. The van der Waals surface area contributed by atoms with Crippen LogP contribution in [-0.2, 0) is 9.59 Å². The maximum Gasteiger partial charge on any atom is 0.243 e. The molecule has 8 nitrogen and oxygen atoms in total. The van der Waals surface area contributed by atoms with Crippen molar-refractivity contribution in [2.45, 2.75) is 50.2 Å². The summed E-state index contributed by atoms with van der Waals surface area (Å²) in [6.07, 6.45) is 5.92. The van der Waals surface area contributed by atoms with Crippen LogP contribution < -0.4 is 10.6 Å². The molecule has 2 unspecified atom stereocenters. The average molecular weight is 494 g/mol. The van der Waals surface area contributed by atoms with Crippen LogP contribution in [0.15, 0.2) is 4.99 Å². The maximum atomic E-state index is 11.9. The second-order valence-electron chi connectivity index (χ2n) is 7.81. The lowest BCUT2D eigenvalue weighted by Gasteiger charge is -2.47. The summed E-state index contributed by atoms with van der Waals surface area (Å²) in [4.78, 5) is 33.7. The van der Waals surface area contributed by atoms with E-state index in [0.717, 1.165) is 12.8 Å². The van der Waals surface area contributed by atoms with Crippen LogP contribution in [0.4, 0.5) is 0 Å². The van der Waals surface area contributed by atoms with Gasteiger partial charge in [-0.15, -0.1) is 24.0 Å². The van der Waals surface area contributed by atoms with Crippen LogP contribution >= 0.6 is 24.0 Å². The van der Waals surface area contributed by atoms with Gasteiger partial charge in [0.1, 0.15) is 6.54 Å². The smallest absolute Gasteiger partial charge is 0.243 e. The number of hydrogen-bond acceptors (Lipinski definition) is 4. The zero-order valence-corrected chi connectivity index (χ0v) is 19.5. The number of carbonyl (C=O) groups is 2. The van der Waals surface area contributed by atoms with E-state index in [1.54, 1.807) is 28.2 Å². The molecular formula is C18H35IN6O2. The summed E-state index contributed by atoms with van der Waals surface area (Å²) in [5, 5.41) is 6.55. The highest BCUT2D eigenvalue weighted by atomic mass is 127. The van der Waals surface area contributed by atoms with Crippen LogP contribution in [-0.4, -0.2) is 98.9 Å². The molecule has 0 aromatic carbocycles. The Labute approximate surface area is 180 Å². The van der Waals surface area contributed by atoms with Crippen molar-refractivity contribution >= 4 is 41.8 Å². The molecule has 2 rings (SSSR count). The van der Waals surface area contributed by atoms with Crippen LogP contribution in [0.2, 0.25) is 0 Å². The molecule has 9 heteroatoms. The molecule has 0 aromatic heterocycles. The highest BCUT2D eigenvalue weighted by molar-refractivity contribution is 14.0. The minimum Gasteiger partial charge on any atom is -0.354 e. The lowest BCUT2D eigenvalue weighted by Crippen LogP contribution is -2.57. The van der Waals surface area contributed by atoms with Gasteiger partial charge in [-0.05, 0) is 32.7 Å². The van der Waals surface area contributed by atoms with Gasteiger partial charge in [-0.1, -0.05) is 6.42 Å². The highest BCUT2D eigenvalue weighted by Gasteiger charge is 2.36. The number of fused-ring (bicyclic) bond motifs is 2. The van der Waals surface area contributed by atoms with E-state index >= 15 is 0 Å². The first-order valence-electron chi connectivity index (χ1n) is 9.45. The first-order chi connectivity index (χ1) is 12.3. The van der Waals surface area contributed by atoms with E-state index in [1.807, 2.05) is 0 Å². The molecule has 2 bridgehead atoms. The Kier molecular flexibility index (Phi) is 9.78. The maximum absolute atomic E-state index is 11.9. The SMILES string of the molecule is CN(C)C(=O)CN=C(NCC(=O)N(C)C)NC1CC2CCCC(C1)N2C.I.